The smallest absolute Gasteiger partial charge is 0.338 e. The maximum atomic E-state index is 13.4. The highest BCUT2D eigenvalue weighted by atomic mass is 16.7. The van der Waals surface area contributed by atoms with Crippen LogP contribution < -0.4 is 0 Å². The standard InChI is InChI=1S/C35H30O9/c1-23-29(42-33(37)25-16-8-3-9-17-25)31(44-35(39)27-20-12-5-13-21-27)30(43-34(38)26-18-10-4-11-19-26)28(41-23)22-40-32(36)24-14-6-2-7-15-24/h2-21,23,28-31H,22H2,1H3/t23-,28?,29?,30-,31+/m0/s1. The van der Waals surface area contributed by atoms with Gasteiger partial charge in [-0.15, -0.1) is 0 Å². The van der Waals surface area contributed by atoms with Crippen molar-refractivity contribution in [2.75, 3.05) is 6.61 Å². The molecule has 44 heavy (non-hydrogen) atoms. The molecular formula is C35H30O9. The fraction of sp³-hybridized carbons (Fsp3) is 0.200. The zero-order chi connectivity index (χ0) is 30.9. The number of ether oxygens (including phenoxy) is 5. The molecule has 9 nitrogen and oxygen atoms in total. The molecule has 4 aromatic rings. The van der Waals surface area contributed by atoms with E-state index in [1.807, 2.05) is 0 Å². The number of carbonyl (C=O) groups excluding carboxylic acids is 4. The quantitative estimate of drug-likeness (QED) is 0.188. The highest BCUT2D eigenvalue weighted by Crippen LogP contribution is 2.31. The summed E-state index contributed by atoms with van der Waals surface area (Å²) in [5.74, 6) is -2.77. The maximum absolute atomic E-state index is 13.4. The summed E-state index contributed by atoms with van der Waals surface area (Å²) in [7, 11) is 0. The summed E-state index contributed by atoms with van der Waals surface area (Å²) < 4.78 is 29.5. The van der Waals surface area contributed by atoms with Crippen molar-refractivity contribution in [2.24, 2.45) is 0 Å². The van der Waals surface area contributed by atoms with Crippen molar-refractivity contribution in [1.29, 1.82) is 0 Å². The molecule has 2 unspecified atom stereocenters. The third-order valence-electron chi connectivity index (χ3n) is 7.01. The van der Waals surface area contributed by atoms with Crippen LogP contribution in [-0.4, -0.2) is 61.0 Å². The molecule has 4 aromatic carbocycles. The van der Waals surface area contributed by atoms with Crippen molar-refractivity contribution in [3.8, 4) is 0 Å². The van der Waals surface area contributed by atoms with Crippen LogP contribution in [-0.2, 0) is 23.7 Å². The molecule has 0 aromatic heterocycles. The molecule has 224 valence electrons. The Balaban J connectivity index is 1.48. The van der Waals surface area contributed by atoms with Crippen LogP contribution in [0.4, 0.5) is 0 Å². The molecule has 1 aliphatic rings. The number of esters is 4. The van der Waals surface area contributed by atoms with Crippen molar-refractivity contribution in [1.82, 2.24) is 0 Å². The molecule has 0 spiro atoms. The Labute approximate surface area is 254 Å². The van der Waals surface area contributed by atoms with Gasteiger partial charge in [0.05, 0.1) is 28.4 Å². The largest absolute Gasteiger partial charge is 0.459 e. The first-order chi connectivity index (χ1) is 21.4. The average molecular weight is 595 g/mol. The van der Waals surface area contributed by atoms with Gasteiger partial charge in [-0.25, -0.2) is 19.2 Å². The molecule has 0 amide bonds. The van der Waals surface area contributed by atoms with Crippen LogP contribution in [0.2, 0.25) is 0 Å². The monoisotopic (exact) mass is 594 g/mol. The van der Waals surface area contributed by atoms with Crippen LogP contribution in [0.25, 0.3) is 0 Å². The molecule has 0 N–H and O–H groups in total. The van der Waals surface area contributed by atoms with E-state index >= 15 is 0 Å². The van der Waals surface area contributed by atoms with E-state index in [-0.39, 0.29) is 23.3 Å². The van der Waals surface area contributed by atoms with Gasteiger partial charge in [0, 0.05) is 0 Å². The van der Waals surface area contributed by atoms with Crippen molar-refractivity contribution >= 4 is 23.9 Å². The number of carbonyl (C=O) groups is 4. The second kappa shape index (κ2) is 14.3. The van der Waals surface area contributed by atoms with E-state index in [1.54, 1.807) is 128 Å². The Hall–Kier alpha value is -5.28. The minimum absolute atomic E-state index is 0.233. The zero-order valence-corrected chi connectivity index (χ0v) is 23.8. The van der Waals surface area contributed by atoms with E-state index in [0.717, 1.165) is 0 Å². The van der Waals surface area contributed by atoms with Gasteiger partial charge in [-0.2, -0.15) is 0 Å². The van der Waals surface area contributed by atoms with Gasteiger partial charge in [0.15, 0.2) is 18.3 Å². The minimum Gasteiger partial charge on any atom is -0.459 e. The van der Waals surface area contributed by atoms with Crippen LogP contribution in [0.1, 0.15) is 48.4 Å². The molecule has 0 aliphatic carbocycles. The summed E-state index contributed by atoms with van der Waals surface area (Å²) in [4.78, 5) is 52.6. The number of hydrogen-bond acceptors (Lipinski definition) is 9. The van der Waals surface area contributed by atoms with Gasteiger partial charge in [-0.3, -0.25) is 0 Å². The first-order valence-electron chi connectivity index (χ1n) is 14.1. The number of benzene rings is 4. The molecule has 1 aliphatic heterocycles. The van der Waals surface area contributed by atoms with Crippen molar-refractivity contribution < 1.29 is 42.9 Å². The van der Waals surface area contributed by atoms with E-state index in [2.05, 4.69) is 0 Å². The van der Waals surface area contributed by atoms with Gasteiger partial charge in [-0.1, -0.05) is 72.8 Å². The van der Waals surface area contributed by atoms with Crippen LogP contribution in [0.5, 0.6) is 0 Å². The van der Waals surface area contributed by atoms with Crippen molar-refractivity contribution in [2.45, 2.75) is 37.4 Å². The van der Waals surface area contributed by atoms with Gasteiger partial charge < -0.3 is 23.7 Å². The van der Waals surface area contributed by atoms with Gasteiger partial charge in [0.25, 0.3) is 0 Å². The molecule has 0 radical (unpaired) electrons. The topological polar surface area (TPSA) is 114 Å². The molecule has 0 saturated carbocycles. The Kier molecular flexibility index (Phi) is 9.78. The normalized spacial score (nSPS) is 21.0. The van der Waals surface area contributed by atoms with E-state index in [9.17, 15) is 19.2 Å². The van der Waals surface area contributed by atoms with E-state index in [0.29, 0.717) is 5.56 Å². The van der Waals surface area contributed by atoms with Crippen LogP contribution in [0.15, 0.2) is 121 Å². The molecule has 0 bridgehead atoms. The lowest BCUT2D eigenvalue weighted by molar-refractivity contribution is -0.224. The third-order valence-corrected chi connectivity index (χ3v) is 7.01. The van der Waals surface area contributed by atoms with E-state index in [4.69, 9.17) is 23.7 Å². The molecule has 9 heteroatoms. The summed E-state index contributed by atoms with van der Waals surface area (Å²) in [5, 5.41) is 0. The van der Waals surface area contributed by atoms with Gasteiger partial charge in [-0.05, 0) is 55.5 Å². The Morgan fingerprint density at radius 3 is 1.25 bits per heavy atom. The molecule has 1 fully saturated rings. The van der Waals surface area contributed by atoms with Crippen molar-refractivity contribution in [3.63, 3.8) is 0 Å². The van der Waals surface area contributed by atoms with Gasteiger partial charge >= 0.3 is 23.9 Å². The fourth-order valence-corrected chi connectivity index (χ4v) is 4.78. The second-order valence-electron chi connectivity index (χ2n) is 10.1. The first-order valence-corrected chi connectivity index (χ1v) is 14.1. The SMILES string of the molecule is C[C@@H]1OC(COC(=O)c2ccccc2)[C@H](OC(=O)c2ccccc2)[C@H](OC(=O)c2ccccc2)C1OC(=O)c1ccccc1. The number of hydrogen-bond donors (Lipinski definition) is 0. The van der Waals surface area contributed by atoms with E-state index in [1.165, 1.54) is 0 Å². The van der Waals surface area contributed by atoms with Crippen molar-refractivity contribution in [3.05, 3.63) is 144 Å². The maximum Gasteiger partial charge on any atom is 0.338 e. The Bertz CT molecular complexity index is 1560. The van der Waals surface area contributed by atoms with Gasteiger partial charge in [0.1, 0.15) is 12.7 Å². The third kappa shape index (κ3) is 7.37. The highest BCUT2D eigenvalue weighted by molar-refractivity contribution is 5.91. The van der Waals surface area contributed by atoms with Crippen LogP contribution in [0.3, 0.4) is 0 Å². The molecular weight excluding hydrogens is 564 g/mol. The van der Waals surface area contributed by atoms with Crippen LogP contribution in [0, 0.1) is 0 Å². The predicted octanol–water partition coefficient (Wildman–Crippen LogP) is 5.31. The fourth-order valence-electron chi connectivity index (χ4n) is 4.78. The zero-order valence-electron chi connectivity index (χ0n) is 23.8. The summed E-state index contributed by atoms with van der Waals surface area (Å²) in [6.45, 7) is 1.29. The summed E-state index contributed by atoms with van der Waals surface area (Å²) in [6.07, 6.45) is -5.78. The lowest BCUT2D eigenvalue weighted by Gasteiger charge is -2.43. The highest BCUT2D eigenvalue weighted by Gasteiger charge is 2.51. The summed E-state index contributed by atoms with van der Waals surface area (Å²) in [6, 6.07) is 33.1. The molecule has 5 rings (SSSR count). The predicted molar refractivity (Wildman–Crippen MR) is 158 cm³/mol. The van der Waals surface area contributed by atoms with Crippen LogP contribution >= 0.6 is 0 Å². The molecule has 5 atom stereocenters. The summed E-state index contributed by atoms with van der Waals surface area (Å²) in [5.41, 5.74) is 1.05. The van der Waals surface area contributed by atoms with E-state index < -0.39 is 54.4 Å². The van der Waals surface area contributed by atoms with Gasteiger partial charge in [0.2, 0.25) is 0 Å². The lowest BCUT2D eigenvalue weighted by atomic mass is 9.94. The number of rotatable bonds is 9. The summed E-state index contributed by atoms with van der Waals surface area (Å²) >= 11 is 0. The average Bonchev–Trinajstić information content (AvgIpc) is 3.07. The Morgan fingerprint density at radius 1 is 0.500 bits per heavy atom. The lowest BCUT2D eigenvalue weighted by Crippen LogP contribution is -2.61. The Morgan fingerprint density at radius 2 is 0.841 bits per heavy atom. The molecule has 1 saturated heterocycles. The first kappa shape index (κ1) is 30.2. The molecule has 1 heterocycles. The minimum atomic E-state index is -1.33. The second-order valence-corrected chi connectivity index (χ2v) is 10.1.